The SMILES string of the molecule is Cn1c(NC(=O)c2ccc(Cl)cc2)c(-c2cccs2)c(=O)c2ccccc21. The number of hydrogen-bond donors (Lipinski definition) is 1. The molecule has 2 heterocycles. The number of carbonyl (C=O) groups excluding carboxylic acids is 1. The highest BCUT2D eigenvalue weighted by Crippen LogP contribution is 2.31. The fourth-order valence-corrected chi connectivity index (χ4v) is 3.96. The highest BCUT2D eigenvalue weighted by Gasteiger charge is 2.19. The molecular formula is C21H15ClN2O2S. The molecule has 2 aromatic heterocycles. The molecule has 0 saturated heterocycles. The van der Waals surface area contributed by atoms with E-state index < -0.39 is 0 Å². The summed E-state index contributed by atoms with van der Waals surface area (Å²) in [4.78, 5) is 26.8. The van der Waals surface area contributed by atoms with Gasteiger partial charge in [0.15, 0.2) is 5.43 Å². The number of halogens is 1. The maximum absolute atomic E-state index is 13.2. The lowest BCUT2D eigenvalue weighted by atomic mass is 10.1. The van der Waals surface area contributed by atoms with Gasteiger partial charge in [-0.2, -0.15) is 0 Å². The number of nitrogens with one attached hydrogen (secondary N) is 1. The van der Waals surface area contributed by atoms with Crippen LogP contribution in [-0.2, 0) is 7.05 Å². The van der Waals surface area contributed by atoms with Gasteiger partial charge in [0.25, 0.3) is 5.91 Å². The Balaban J connectivity index is 1.92. The van der Waals surface area contributed by atoms with Gasteiger partial charge < -0.3 is 9.88 Å². The van der Waals surface area contributed by atoms with E-state index in [1.165, 1.54) is 11.3 Å². The average Bonchev–Trinajstić information content (AvgIpc) is 3.21. The minimum atomic E-state index is -0.297. The van der Waals surface area contributed by atoms with Crippen molar-refractivity contribution in [2.45, 2.75) is 0 Å². The van der Waals surface area contributed by atoms with Crippen LogP contribution in [0.3, 0.4) is 0 Å². The average molecular weight is 395 g/mol. The number of benzene rings is 2. The first kappa shape index (κ1) is 17.5. The molecule has 4 nitrogen and oxygen atoms in total. The molecule has 0 bridgehead atoms. The fourth-order valence-electron chi connectivity index (χ4n) is 3.07. The molecule has 2 aromatic carbocycles. The molecule has 0 aliphatic heterocycles. The van der Waals surface area contributed by atoms with E-state index in [0.29, 0.717) is 27.4 Å². The van der Waals surface area contributed by atoms with E-state index in [4.69, 9.17) is 11.6 Å². The molecule has 4 aromatic rings. The van der Waals surface area contributed by atoms with Gasteiger partial charge in [0.2, 0.25) is 0 Å². The zero-order valence-electron chi connectivity index (χ0n) is 14.4. The van der Waals surface area contributed by atoms with Crippen molar-refractivity contribution in [2.24, 2.45) is 7.05 Å². The number of rotatable bonds is 3. The zero-order valence-corrected chi connectivity index (χ0v) is 16.0. The standard InChI is InChI=1S/C21H15ClN2O2S/c1-24-16-6-3-2-5-15(16)19(25)18(17-7-4-12-27-17)20(24)23-21(26)13-8-10-14(22)11-9-13/h2-12H,1H3,(H,23,26). The number of thiophene rings is 1. The van der Waals surface area contributed by atoms with E-state index in [2.05, 4.69) is 5.32 Å². The number of aromatic nitrogens is 1. The summed E-state index contributed by atoms with van der Waals surface area (Å²) < 4.78 is 1.85. The zero-order chi connectivity index (χ0) is 19.0. The van der Waals surface area contributed by atoms with Crippen molar-refractivity contribution in [3.8, 4) is 10.4 Å². The Morgan fingerprint density at radius 1 is 1.04 bits per heavy atom. The van der Waals surface area contributed by atoms with Gasteiger partial charge in [0.1, 0.15) is 5.82 Å². The molecule has 0 atom stereocenters. The first-order chi connectivity index (χ1) is 13.1. The molecule has 134 valence electrons. The van der Waals surface area contributed by atoms with Crippen LogP contribution >= 0.6 is 22.9 Å². The van der Waals surface area contributed by atoms with Crippen LogP contribution in [0.4, 0.5) is 5.82 Å². The second-order valence-corrected chi connectivity index (χ2v) is 7.45. The number of carbonyl (C=O) groups is 1. The predicted octanol–water partition coefficient (Wildman–Crippen LogP) is 5.17. The van der Waals surface area contributed by atoms with Gasteiger partial charge in [0.05, 0.1) is 11.1 Å². The number of aryl methyl sites for hydroxylation is 1. The molecule has 0 aliphatic carbocycles. The summed E-state index contributed by atoms with van der Waals surface area (Å²) in [5.41, 5.74) is 1.62. The highest BCUT2D eigenvalue weighted by molar-refractivity contribution is 7.13. The Morgan fingerprint density at radius 3 is 2.48 bits per heavy atom. The van der Waals surface area contributed by atoms with Crippen LogP contribution < -0.4 is 10.7 Å². The molecule has 1 amide bonds. The fraction of sp³-hybridized carbons (Fsp3) is 0.0476. The number of pyridine rings is 1. The van der Waals surface area contributed by atoms with E-state index in [-0.39, 0.29) is 11.3 Å². The van der Waals surface area contributed by atoms with Gasteiger partial charge in [0, 0.05) is 27.9 Å². The molecular weight excluding hydrogens is 380 g/mol. The molecule has 0 saturated carbocycles. The number of para-hydroxylation sites is 1. The molecule has 1 N–H and O–H groups in total. The number of anilines is 1. The molecule has 4 rings (SSSR count). The van der Waals surface area contributed by atoms with Crippen LogP contribution in [0.15, 0.2) is 70.8 Å². The van der Waals surface area contributed by atoms with Gasteiger partial charge in [-0.05, 0) is 47.8 Å². The number of amides is 1. The summed E-state index contributed by atoms with van der Waals surface area (Å²) >= 11 is 7.37. The first-order valence-corrected chi connectivity index (χ1v) is 9.54. The van der Waals surface area contributed by atoms with E-state index in [1.54, 1.807) is 30.3 Å². The number of hydrogen-bond acceptors (Lipinski definition) is 3. The van der Waals surface area contributed by atoms with Crippen molar-refractivity contribution >= 4 is 45.6 Å². The van der Waals surface area contributed by atoms with Gasteiger partial charge >= 0.3 is 0 Å². The van der Waals surface area contributed by atoms with Crippen LogP contribution in [0.2, 0.25) is 5.02 Å². The quantitative estimate of drug-likeness (QED) is 0.521. The second-order valence-electron chi connectivity index (χ2n) is 6.07. The lowest BCUT2D eigenvalue weighted by Crippen LogP contribution is -2.21. The highest BCUT2D eigenvalue weighted by atomic mass is 35.5. The van der Waals surface area contributed by atoms with Crippen molar-refractivity contribution in [2.75, 3.05) is 5.32 Å². The lowest BCUT2D eigenvalue weighted by Gasteiger charge is -2.17. The Kier molecular flexibility index (Phi) is 4.56. The minimum Gasteiger partial charge on any atom is -0.330 e. The number of fused-ring (bicyclic) bond motifs is 1. The van der Waals surface area contributed by atoms with Crippen molar-refractivity contribution in [1.82, 2.24) is 4.57 Å². The largest absolute Gasteiger partial charge is 0.330 e. The van der Waals surface area contributed by atoms with Crippen LogP contribution in [0, 0.1) is 0 Å². The second kappa shape index (κ2) is 7.02. The summed E-state index contributed by atoms with van der Waals surface area (Å²) in [6, 6.07) is 17.8. The maximum atomic E-state index is 13.2. The molecule has 6 heteroatoms. The van der Waals surface area contributed by atoms with E-state index in [0.717, 1.165) is 10.4 Å². The third-order valence-corrected chi connectivity index (χ3v) is 5.55. The number of nitrogens with zero attached hydrogens (tertiary/aromatic N) is 1. The van der Waals surface area contributed by atoms with Crippen LogP contribution in [0.25, 0.3) is 21.3 Å². The van der Waals surface area contributed by atoms with Crippen molar-refractivity contribution in [1.29, 1.82) is 0 Å². The van der Waals surface area contributed by atoms with E-state index in [1.807, 2.05) is 47.3 Å². The maximum Gasteiger partial charge on any atom is 0.256 e. The monoisotopic (exact) mass is 394 g/mol. The molecule has 0 aliphatic rings. The molecule has 0 radical (unpaired) electrons. The van der Waals surface area contributed by atoms with Crippen molar-refractivity contribution < 1.29 is 4.79 Å². The third kappa shape index (κ3) is 3.16. The van der Waals surface area contributed by atoms with Gasteiger partial charge in [-0.15, -0.1) is 11.3 Å². The normalized spacial score (nSPS) is 10.9. The summed E-state index contributed by atoms with van der Waals surface area (Å²) in [5.74, 6) is 0.177. The first-order valence-electron chi connectivity index (χ1n) is 8.29. The van der Waals surface area contributed by atoms with E-state index in [9.17, 15) is 9.59 Å². The minimum absolute atomic E-state index is 0.0995. The van der Waals surface area contributed by atoms with E-state index >= 15 is 0 Å². The molecule has 0 unspecified atom stereocenters. The lowest BCUT2D eigenvalue weighted by molar-refractivity contribution is 0.102. The van der Waals surface area contributed by atoms with Crippen molar-refractivity contribution in [3.63, 3.8) is 0 Å². The van der Waals surface area contributed by atoms with Crippen LogP contribution in [-0.4, -0.2) is 10.5 Å². The van der Waals surface area contributed by atoms with Crippen molar-refractivity contribution in [3.05, 3.63) is 86.9 Å². The Bertz CT molecular complexity index is 1200. The third-order valence-electron chi connectivity index (χ3n) is 4.42. The van der Waals surface area contributed by atoms with Crippen LogP contribution in [0.5, 0.6) is 0 Å². The van der Waals surface area contributed by atoms with Gasteiger partial charge in [-0.25, -0.2) is 0 Å². The smallest absolute Gasteiger partial charge is 0.256 e. The summed E-state index contributed by atoms with van der Waals surface area (Å²) in [7, 11) is 1.84. The summed E-state index contributed by atoms with van der Waals surface area (Å²) in [6.45, 7) is 0. The predicted molar refractivity (Wildman–Crippen MR) is 112 cm³/mol. The summed E-state index contributed by atoms with van der Waals surface area (Å²) in [5, 5.41) is 6.01. The van der Waals surface area contributed by atoms with Gasteiger partial charge in [-0.3, -0.25) is 9.59 Å². The Labute approximate surface area is 164 Å². The molecule has 0 spiro atoms. The van der Waals surface area contributed by atoms with Crippen LogP contribution in [0.1, 0.15) is 10.4 Å². The Morgan fingerprint density at radius 2 is 1.78 bits per heavy atom. The molecule has 27 heavy (non-hydrogen) atoms. The topological polar surface area (TPSA) is 51.1 Å². The van der Waals surface area contributed by atoms with Gasteiger partial charge in [-0.1, -0.05) is 29.8 Å². The summed E-state index contributed by atoms with van der Waals surface area (Å²) in [6.07, 6.45) is 0. The molecule has 0 fully saturated rings. The Hall–Kier alpha value is -2.89.